The monoisotopic (exact) mass is 427 g/mol. The van der Waals surface area contributed by atoms with E-state index in [4.69, 9.17) is 0 Å². The van der Waals surface area contributed by atoms with Gasteiger partial charge < -0.3 is 15.1 Å². The Kier molecular flexibility index (Phi) is 6.74. The number of hydrogen-bond acceptors (Lipinski definition) is 6. The van der Waals surface area contributed by atoms with Crippen molar-refractivity contribution in [1.29, 1.82) is 0 Å². The fraction of sp³-hybridized carbons (Fsp3) is 0.471. The SMILES string of the molecule is CN=C(NCCNS(=O)(=O)c1ccc(C)s1)N1CCN(c2cccs2)CC1. The number of aryl methyl sites for hydroxylation is 1. The molecule has 2 N–H and O–H groups in total. The molecule has 27 heavy (non-hydrogen) atoms. The molecule has 0 radical (unpaired) electrons. The van der Waals surface area contributed by atoms with Crippen molar-refractivity contribution in [3.63, 3.8) is 0 Å². The second-order valence-corrected chi connectivity index (χ2v) is 10.4. The lowest BCUT2D eigenvalue weighted by molar-refractivity contribution is 0.374. The van der Waals surface area contributed by atoms with Crippen LogP contribution in [0.25, 0.3) is 0 Å². The summed E-state index contributed by atoms with van der Waals surface area (Å²) in [5, 5.41) is 6.65. The van der Waals surface area contributed by atoms with Crippen LogP contribution >= 0.6 is 22.7 Å². The molecule has 0 aliphatic carbocycles. The van der Waals surface area contributed by atoms with Crippen LogP contribution in [0.4, 0.5) is 5.00 Å². The standard InChI is InChI=1S/C17H25N5O2S3/c1-14-5-6-16(26-14)27(23,24)20-8-7-19-17(18-2)22-11-9-21(10-12-22)15-4-3-13-25-15/h3-6,13,20H,7-12H2,1-2H3,(H,18,19). The van der Waals surface area contributed by atoms with E-state index in [0.717, 1.165) is 37.0 Å². The lowest BCUT2D eigenvalue weighted by Crippen LogP contribution is -2.53. The predicted octanol–water partition coefficient (Wildman–Crippen LogP) is 1.79. The normalized spacial score (nSPS) is 16.0. The van der Waals surface area contributed by atoms with Crippen LogP contribution in [-0.2, 0) is 10.0 Å². The van der Waals surface area contributed by atoms with E-state index in [0.29, 0.717) is 17.3 Å². The highest BCUT2D eigenvalue weighted by atomic mass is 32.2. The van der Waals surface area contributed by atoms with Crippen molar-refractivity contribution >= 4 is 43.7 Å². The Morgan fingerprint density at radius 2 is 1.96 bits per heavy atom. The van der Waals surface area contributed by atoms with Crippen LogP contribution in [0, 0.1) is 6.92 Å². The minimum Gasteiger partial charge on any atom is -0.360 e. The van der Waals surface area contributed by atoms with Crippen LogP contribution in [0.2, 0.25) is 0 Å². The molecule has 0 saturated carbocycles. The third kappa shape index (κ3) is 5.22. The Bertz CT molecular complexity index is 853. The van der Waals surface area contributed by atoms with Crippen LogP contribution in [-0.4, -0.2) is 65.6 Å². The first-order chi connectivity index (χ1) is 13.0. The molecule has 1 fully saturated rings. The first-order valence-electron chi connectivity index (χ1n) is 8.80. The predicted molar refractivity (Wildman–Crippen MR) is 114 cm³/mol. The van der Waals surface area contributed by atoms with Crippen LogP contribution in [0.3, 0.4) is 0 Å². The molecule has 1 aliphatic heterocycles. The molecule has 0 spiro atoms. The van der Waals surface area contributed by atoms with Gasteiger partial charge in [0.1, 0.15) is 4.21 Å². The van der Waals surface area contributed by atoms with E-state index in [1.165, 1.54) is 16.3 Å². The van der Waals surface area contributed by atoms with E-state index >= 15 is 0 Å². The Hall–Kier alpha value is -1.62. The zero-order valence-corrected chi connectivity index (χ0v) is 18.0. The summed E-state index contributed by atoms with van der Waals surface area (Å²) in [5.41, 5.74) is 0. The van der Waals surface area contributed by atoms with Gasteiger partial charge in [-0.25, -0.2) is 13.1 Å². The molecule has 1 aliphatic rings. The summed E-state index contributed by atoms with van der Waals surface area (Å²) in [4.78, 5) is 9.91. The molecule has 7 nitrogen and oxygen atoms in total. The van der Waals surface area contributed by atoms with E-state index < -0.39 is 10.0 Å². The lowest BCUT2D eigenvalue weighted by Gasteiger charge is -2.37. The summed E-state index contributed by atoms with van der Waals surface area (Å²) in [6, 6.07) is 7.68. The van der Waals surface area contributed by atoms with Gasteiger partial charge in [-0.05, 0) is 36.6 Å². The molecule has 10 heteroatoms. The highest BCUT2D eigenvalue weighted by molar-refractivity contribution is 7.91. The second kappa shape index (κ2) is 9.05. The Labute approximate surface area is 168 Å². The molecule has 1 saturated heterocycles. The zero-order chi connectivity index (χ0) is 19.3. The number of guanidine groups is 1. The molecule has 0 aromatic carbocycles. The van der Waals surface area contributed by atoms with Crippen molar-refractivity contribution in [2.75, 3.05) is 51.2 Å². The van der Waals surface area contributed by atoms with Crippen LogP contribution in [0.5, 0.6) is 0 Å². The summed E-state index contributed by atoms with van der Waals surface area (Å²) in [5.74, 6) is 0.812. The van der Waals surface area contributed by atoms with Crippen molar-refractivity contribution in [3.05, 3.63) is 34.5 Å². The van der Waals surface area contributed by atoms with E-state index in [1.54, 1.807) is 24.5 Å². The van der Waals surface area contributed by atoms with Crippen molar-refractivity contribution in [1.82, 2.24) is 14.9 Å². The number of nitrogens with zero attached hydrogens (tertiary/aromatic N) is 3. The molecule has 0 amide bonds. The molecule has 3 heterocycles. The topological polar surface area (TPSA) is 77.0 Å². The highest BCUT2D eigenvalue weighted by Crippen LogP contribution is 2.22. The maximum atomic E-state index is 12.2. The Morgan fingerprint density at radius 1 is 1.19 bits per heavy atom. The third-order valence-corrected chi connectivity index (χ3v) is 8.17. The summed E-state index contributed by atoms with van der Waals surface area (Å²) >= 11 is 3.04. The van der Waals surface area contributed by atoms with Gasteiger partial charge in [-0.2, -0.15) is 0 Å². The Morgan fingerprint density at radius 3 is 2.56 bits per heavy atom. The number of piperazine rings is 1. The van der Waals surface area contributed by atoms with E-state index in [9.17, 15) is 8.42 Å². The molecular formula is C17H25N5O2S3. The number of thiophene rings is 2. The van der Waals surface area contributed by atoms with E-state index in [-0.39, 0.29) is 0 Å². The van der Waals surface area contributed by atoms with Crippen LogP contribution < -0.4 is 14.9 Å². The molecule has 148 valence electrons. The van der Waals surface area contributed by atoms with Crippen LogP contribution in [0.15, 0.2) is 38.8 Å². The first kappa shape index (κ1) is 20.1. The zero-order valence-electron chi connectivity index (χ0n) is 15.5. The van der Waals surface area contributed by atoms with Crippen molar-refractivity contribution in [2.24, 2.45) is 4.99 Å². The number of hydrogen-bond donors (Lipinski definition) is 2. The summed E-state index contributed by atoms with van der Waals surface area (Å²) in [6.07, 6.45) is 0. The number of rotatable bonds is 6. The maximum Gasteiger partial charge on any atom is 0.250 e. The quantitative estimate of drug-likeness (QED) is 0.418. The van der Waals surface area contributed by atoms with Crippen molar-refractivity contribution < 1.29 is 8.42 Å². The average molecular weight is 428 g/mol. The van der Waals surface area contributed by atoms with Gasteiger partial charge in [-0.3, -0.25) is 4.99 Å². The molecule has 2 aromatic rings. The van der Waals surface area contributed by atoms with Gasteiger partial charge in [-0.15, -0.1) is 22.7 Å². The molecule has 0 bridgehead atoms. The molecular weight excluding hydrogens is 402 g/mol. The fourth-order valence-corrected chi connectivity index (χ4v) is 6.05. The van der Waals surface area contributed by atoms with E-state index in [2.05, 4.69) is 42.3 Å². The lowest BCUT2D eigenvalue weighted by atomic mass is 10.3. The van der Waals surface area contributed by atoms with Crippen molar-refractivity contribution in [3.8, 4) is 0 Å². The van der Waals surface area contributed by atoms with Gasteiger partial charge >= 0.3 is 0 Å². The smallest absolute Gasteiger partial charge is 0.250 e. The fourth-order valence-electron chi connectivity index (χ4n) is 2.91. The maximum absolute atomic E-state index is 12.2. The number of anilines is 1. The molecule has 0 atom stereocenters. The molecule has 0 unspecified atom stereocenters. The number of aliphatic imine (C=N–C) groups is 1. The largest absolute Gasteiger partial charge is 0.360 e. The number of sulfonamides is 1. The van der Waals surface area contributed by atoms with Gasteiger partial charge in [0.2, 0.25) is 10.0 Å². The van der Waals surface area contributed by atoms with Gasteiger partial charge in [-0.1, -0.05) is 0 Å². The average Bonchev–Trinajstić information content (AvgIpc) is 3.34. The molecule has 3 rings (SSSR count). The third-order valence-electron chi connectivity index (χ3n) is 4.29. The summed E-state index contributed by atoms with van der Waals surface area (Å²) < 4.78 is 27.5. The minimum atomic E-state index is -3.43. The van der Waals surface area contributed by atoms with Gasteiger partial charge in [0.05, 0.1) is 5.00 Å². The van der Waals surface area contributed by atoms with Crippen molar-refractivity contribution in [2.45, 2.75) is 11.1 Å². The van der Waals surface area contributed by atoms with Gasteiger partial charge in [0.15, 0.2) is 5.96 Å². The highest BCUT2D eigenvalue weighted by Gasteiger charge is 2.20. The Balaban J connectivity index is 1.43. The molecule has 2 aromatic heterocycles. The van der Waals surface area contributed by atoms with E-state index in [1.807, 2.05) is 13.0 Å². The number of nitrogens with one attached hydrogen (secondary N) is 2. The van der Waals surface area contributed by atoms with Gasteiger partial charge in [0, 0.05) is 51.2 Å². The summed E-state index contributed by atoms with van der Waals surface area (Å²) in [7, 11) is -1.68. The van der Waals surface area contributed by atoms with Gasteiger partial charge in [0.25, 0.3) is 0 Å². The minimum absolute atomic E-state index is 0.313. The van der Waals surface area contributed by atoms with Crippen LogP contribution in [0.1, 0.15) is 4.88 Å². The summed E-state index contributed by atoms with van der Waals surface area (Å²) in [6.45, 7) is 6.37. The second-order valence-electron chi connectivity index (χ2n) is 6.16. The first-order valence-corrected chi connectivity index (χ1v) is 12.0.